The lowest BCUT2D eigenvalue weighted by Gasteiger charge is -2.32. The number of aromatic nitrogens is 1. The average molecular weight is 328 g/mol. The normalized spacial score (nSPS) is 15.6. The lowest BCUT2D eigenvalue weighted by molar-refractivity contribution is -0.917. The van der Waals surface area contributed by atoms with Crippen molar-refractivity contribution >= 4 is 17.7 Å². The van der Waals surface area contributed by atoms with Crippen LogP contribution in [0.2, 0.25) is 0 Å². The highest BCUT2D eigenvalue weighted by atomic mass is 32.2. The Labute approximate surface area is 141 Å². The van der Waals surface area contributed by atoms with Gasteiger partial charge in [-0.2, -0.15) is 0 Å². The van der Waals surface area contributed by atoms with Crippen LogP contribution < -0.4 is 4.90 Å². The molecule has 1 amide bonds. The number of carbonyl (C=O) groups excluding carboxylic acids is 1. The van der Waals surface area contributed by atoms with E-state index in [0.29, 0.717) is 0 Å². The van der Waals surface area contributed by atoms with Gasteiger partial charge >= 0.3 is 0 Å². The first kappa shape index (κ1) is 16.0. The van der Waals surface area contributed by atoms with E-state index in [1.165, 1.54) is 15.4 Å². The molecule has 0 aliphatic carbocycles. The van der Waals surface area contributed by atoms with Gasteiger partial charge in [-0.1, -0.05) is 0 Å². The van der Waals surface area contributed by atoms with Crippen molar-refractivity contribution in [2.75, 3.05) is 32.4 Å². The molecule has 4 nitrogen and oxygen atoms in total. The third-order valence-electron chi connectivity index (χ3n) is 4.30. The van der Waals surface area contributed by atoms with Crippen LogP contribution >= 0.6 is 11.8 Å². The molecular formula is C18H22N3OS+. The topological polar surface area (TPSA) is 37.6 Å². The molecule has 0 radical (unpaired) electrons. The predicted molar refractivity (Wildman–Crippen MR) is 92.8 cm³/mol. The summed E-state index contributed by atoms with van der Waals surface area (Å²) in [4.78, 5) is 21.3. The van der Waals surface area contributed by atoms with Crippen molar-refractivity contribution < 1.29 is 9.69 Å². The highest BCUT2D eigenvalue weighted by molar-refractivity contribution is 7.98. The summed E-state index contributed by atoms with van der Waals surface area (Å²) >= 11 is 1.69. The third-order valence-corrected chi connectivity index (χ3v) is 5.04. The van der Waals surface area contributed by atoms with Crippen LogP contribution in [0.4, 0.5) is 0 Å². The number of carbonyl (C=O) groups is 1. The van der Waals surface area contributed by atoms with Gasteiger partial charge in [0.1, 0.15) is 6.54 Å². The molecule has 120 valence electrons. The van der Waals surface area contributed by atoms with Crippen LogP contribution in [-0.4, -0.2) is 48.2 Å². The van der Waals surface area contributed by atoms with E-state index >= 15 is 0 Å². The zero-order valence-corrected chi connectivity index (χ0v) is 14.2. The molecule has 1 fully saturated rings. The van der Waals surface area contributed by atoms with Crippen molar-refractivity contribution in [1.29, 1.82) is 0 Å². The molecule has 1 aromatic carbocycles. The van der Waals surface area contributed by atoms with Gasteiger partial charge in [0.15, 0.2) is 0 Å². The Bertz CT molecular complexity index is 637. The standard InChI is InChI=1S/C18H21N3OS/c1-23-17-4-2-16(3-5-17)18(22)21-12-10-20(11-13-21)14-15-6-8-19-9-7-15/h2-9H,10-14H2,1H3/p+1. The summed E-state index contributed by atoms with van der Waals surface area (Å²) in [7, 11) is 0. The van der Waals surface area contributed by atoms with Crippen LogP contribution in [0.1, 0.15) is 15.9 Å². The first-order valence-corrected chi connectivity index (χ1v) is 9.14. The predicted octanol–water partition coefficient (Wildman–Crippen LogP) is 1.34. The van der Waals surface area contributed by atoms with Crippen molar-refractivity contribution in [3.05, 3.63) is 59.9 Å². The monoisotopic (exact) mass is 328 g/mol. The molecule has 0 unspecified atom stereocenters. The summed E-state index contributed by atoms with van der Waals surface area (Å²) in [6.45, 7) is 4.65. The summed E-state index contributed by atoms with van der Waals surface area (Å²) in [5.41, 5.74) is 2.10. The van der Waals surface area contributed by atoms with Gasteiger partial charge in [0, 0.05) is 28.4 Å². The van der Waals surface area contributed by atoms with Crippen molar-refractivity contribution in [3.8, 4) is 0 Å². The number of nitrogens with zero attached hydrogens (tertiary/aromatic N) is 2. The molecular weight excluding hydrogens is 306 g/mol. The number of thioether (sulfide) groups is 1. The molecule has 0 saturated carbocycles. The van der Waals surface area contributed by atoms with E-state index in [-0.39, 0.29) is 5.91 Å². The number of hydrogen-bond acceptors (Lipinski definition) is 3. The van der Waals surface area contributed by atoms with Gasteiger partial charge in [-0.05, 0) is 42.7 Å². The Morgan fingerprint density at radius 1 is 1.13 bits per heavy atom. The lowest BCUT2D eigenvalue weighted by atomic mass is 10.1. The van der Waals surface area contributed by atoms with Crippen molar-refractivity contribution in [1.82, 2.24) is 9.88 Å². The van der Waals surface area contributed by atoms with E-state index in [2.05, 4.69) is 17.1 Å². The van der Waals surface area contributed by atoms with E-state index in [4.69, 9.17) is 0 Å². The van der Waals surface area contributed by atoms with Gasteiger partial charge in [0.2, 0.25) is 0 Å². The number of benzene rings is 1. The Hall–Kier alpha value is -1.85. The number of piperazine rings is 1. The van der Waals surface area contributed by atoms with Gasteiger partial charge < -0.3 is 9.80 Å². The summed E-state index contributed by atoms with van der Waals surface area (Å²) in [6, 6.07) is 12.0. The third kappa shape index (κ3) is 4.12. The highest BCUT2D eigenvalue weighted by Gasteiger charge is 2.24. The summed E-state index contributed by atoms with van der Waals surface area (Å²) in [5, 5.41) is 0. The van der Waals surface area contributed by atoms with E-state index in [9.17, 15) is 4.79 Å². The number of rotatable bonds is 4. The largest absolute Gasteiger partial charge is 0.328 e. The Morgan fingerprint density at radius 3 is 2.39 bits per heavy atom. The van der Waals surface area contributed by atoms with Gasteiger partial charge in [-0.3, -0.25) is 9.78 Å². The minimum absolute atomic E-state index is 0.153. The van der Waals surface area contributed by atoms with Gasteiger partial charge in [-0.25, -0.2) is 0 Å². The number of pyridine rings is 1. The van der Waals surface area contributed by atoms with Gasteiger partial charge in [-0.15, -0.1) is 11.8 Å². The Balaban J connectivity index is 1.54. The molecule has 1 N–H and O–H groups in total. The van der Waals surface area contributed by atoms with E-state index in [1.807, 2.05) is 47.8 Å². The molecule has 3 rings (SSSR count). The highest BCUT2D eigenvalue weighted by Crippen LogP contribution is 2.16. The molecule has 1 aliphatic rings. The van der Waals surface area contributed by atoms with Gasteiger partial charge in [0.25, 0.3) is 5.91 Å². The summed E-state index contributed by atoms with van der Waals surface area (Å²) in [5.74, 6) is 0.153. The fourth-order valence-corrected chi connectivity index (χ4v) is 3.32. The van der Waals surface area contributed by atoms with Crippen LogP contribution in [0, 0.1) is 0 Å². The smallest absolute Gasteiger partial charge is 0.254 e. The van der Waals surface area contributed by atoms with E-state index in [0.717, 1.165) is 38.3 Å². The molecule has 1 aliphatic heterocycles. The SMILES string of the molecule is CSc1ccc(C(=O)N2CC[NH+](Cc3ccncc3)CC2)cc1. The molecule has 2 heterocycles. The fourth-order valence-electron chi connectivity index (χ4n) is 2.91. The first-order chi connectivity index (χ1) is 11.3. The molecule has 0 atom stereocenters. The zero-order valence-electron chi connectivity index (χ0n) is 13.4. The molecule has 0 bridgehead atoms. The Morgan fingerprint density at radius 2 is 1.78 bits per heavy atom. The fraction of sp³-hybridized carbons (Fsp3) is 0.333. The van der Waals surface area contributed by atoms with E-state index < -0.39 is 0 Å². The maximum absolute atomic E-state index is 12.6. The molecule has 0 spiro atoms. The van der Waals surface area contributed by atoms with Crippen LogP contribution in [0.5, 0.6) is 0 Å². The molecule has 5 heteroatoms. The first-order valence-electron chi connectivity index (χ1n) is 7.92. The Kier molecular flexibility index (Phi) is 5.31. The maximum atomic E-state index is 12.6. The van der Waals surface area contributed by atoms with Crippen molar-refractivity contribution in [2.45, 2.75) is 11.4 Å². The quantitative estimate of drug-likeness (QED) is 0.861. The number of amides is 1. The van der Waals surface area contributed by atoms with Crippen molar-refractivity contribution in [2.24, 2.45) is 0 Å². The second-order valence-corrected chi connectivity index (χ2v) is 6.68. The number of nitrogens with one attached hydrogen (secondary N) is 1. The maximum Gasteiger partial charge on any atom is 0.254 e. The average Bonchev–Trinajstić information content (AvgIpc) is 2.63. The molecule has 2 aromatic rings. The minimum atomic E-state index is 0.153. The number of hydrogen-bond donors (Lipinski definition) is 1. The summed E-state index contributed by atoms with van der Waals surface area (Å²) < 4.78 is 0. The molecule has 1 saturated heterocycles. The lowest BCUT2D eigenvalue weighted by Crippen LogP contribution is -3.13. The van der Waals surface area contributed by atoms with Crippen molar-refractivity contribution in [3.63, 3.8) is 0 Å². The van der Waals surface area contributed by atoms with Crippen LogP contribution in [0.3, 0.4) is 0 Å². The van der Waals surface area contributed by atoms with Gasteiger partial charge in [0.05, 0.1) is 26.2 Å². The number of quaternary nitrogens is 1. The van der Waals surface area contributed by atoms with Crippen LogP contribution in [-0.2, 0) is 6.54 Å². The minimum Gasteiger partial charge on any atom is -0.328 e. The van der Waals surface area contributed by atoms with Crippen LogP contribution in [0.15, 0.2) is 53.7 Å². The zero-order chi connectivity index (χ0) is 16.1. The molecule has 23 heavy (non-hydrogen) atoms. The summed E-state index contributed by atoms with van der Waals surface area (Å²) in [6.07, 6.45) is 5.72. The molecule has 1 aromatic heterocycles. The van der Waals surface area contributed by atoms with E-state index in [1.54, 1.807) is 11.8 Å². The second kappa shape index (κ2) is 7.62. The van der Waals surface area contributed by atoms with Crippen LogP contribution in [0.25, 0.3) is 0 Å². The second-order valence-electron chi connectivity index (χ2n) is 5.80.